The number of halogens is 3. The van der Waals surface area contributed by atoms with E-state index in [-0.39, 0.29) is 4.83 Å². The lowest BCUT2D eigenvalue weighted by Gasteiger charge is -2.08. The van der Waals surface area contributed by atoms with Gasteiger partial charge in [0.05, 0.1) is 6.26 Å². The molecule has 0 aliphatic carbocycles. The van der Waals surface area contributed by atoms with Crippen molar-refractivity contribution in [1.29, 1.82) is 0 Å². The van der Waals surface area contributed by atoms with Crippen molar-refractivity contribution in [3.05, 3.63) is 56.9 Å². The Labute approximate surface area is 120 Å². The molecule has 0 aliphatic rings. The van der Waals surface area contributed by atoms with Crippen LogP contribution in [0.3, 0.4) is 0 Å². The van der Waals surface area contributed by atoms with Crippen molar-refractivity contribution in [2.24, 2.45) is 0 Å². The van der Waals surface area contributed by atoms with Crippen LogP contribution in [0.25, 0.3) is 0 Å². The predicted molar refractivity (Wildman–Crippen MR) is 75.9 cm³/mol. The van der Waals surface area contributed by atoms with Crippen molar-refractivity contribution in [1.82, 2.24) is 0 Å². The lowest BCUT2D eigenvalue weighted by molar-refractivity contribution is 0.536. The second-order valence-corrected chi connectivity index (χ2v) is 6.19. The van der Waals surface area contributed by atoms with E-state index in [9.17, 15) is 0 Å². The largest absolute Gasteiger partial charge is 0.457 e. The smallest absolute Gasteiger partial charge is 0.173 e. The average Bonchev–Trinajstić information content (AvgIpc) is 2.68. The highest BCUT2D eigenvalue weighted by Crippen LogP contribution is 2.33. The molecule has 2 rings (SSSR count). The summed E-state index contributed by atoms with van der Waals surface area (Å²) in [6.07, 6.45) is 2.63. The van der Waals surface area contributed by atoms with Gasteiger partial charge in [0.15, 0.2) is 4.67 Å². The molecule has 4 heteroatoms. The Hall–Kier alpha value is -0.0600. The van der Waals surface area contributed by atoms with E-state index in [1.807, 2.05) is 6.07 Å². The van der Waals surface area contributed by atoms with Crippen molar-refractivity contribution in [2.75, 3.05) is 0 Å². The molecule has 0 aliphatic heterocycles. The summed E-state index contributed by atoms with van der Waals surface area (Å²) in [7, 11) is 0. The van der Waals surface area contributed by atoms with E-state index >= 15 is 0 Å². The average molecular weight is 409 g/mol. The molecule has 0 fully saturated rings. The van der Waals surface area contributed by atoms with Crippen LogP contribution in [0, 0.1) is 0 Å². The Balaban J connectivity index is 2.10. The highest BCUT2D eigenvalue weighted by Gasteiger charge is 2.13. The zero-order chi connectivity index (χ0) is 11.5. The summed E-state index contributed by atoms with van der Waals surface area (Å²) in [5.41, 5.74) is 2.43. The third kappa shape index (κ3) is 2.99. The first-order valence-corrected chi connectivity index (χ1v) is 7.28. The van der Waals surface area contributed by atoms with Crippen LogP contribution >= 0.6 is 47.8 Å². The van der Waals surface area contributed by atoms with E-state index in [0.29, 0.717) is 0 Å². The molecule has 84 valence electrons. The minimum absolute atomic E-state index is 0.266. The highest BCUT2D eigenvalue weighted by atomic mass is 79.9. The van der Waals surface area contributed by atoms with Gasteiger partial charge in [0.2, 0.25) is 0 Å². The molecule has 0 saturated heterocycles. The number of benzene rings is 1. The third-order valence-electron chi connectivity index (χ3n) is 2.31. The molecule has 0 N–H and O–H groups in total. The molecule has 0 radical (unpaired) electrons. The van der Waals surface area contributed by atoms with Crippen molar-refractivity contribution in [2.45, 2.75) is 11.2 Å². The van der Waals surface area contributed by atoms with E-state index in [4.69, 9.17) is 4.42 Å². The van der Waals surface area contributed by atoms with Gasteiger partial charge >= 0.3 is 0 Å². The van der Waals surface area contributed by atoms with Gasteiger partial charge in [-0.15, -0.1) is 0 Å². The van der Waals surface area contributed by atoms with Crippen LogP contribution in [0.1, 0.15) is 16.0 Å². The van der Waals surface area contributed by atoms with Crippen LogP contribution in [0.15, 0.2) is 50.2 Å². The Kier molecular flexibility index (Phi) is 4.27. The van der Waals surface area contributed by atoms with Crippen molar-refractivity contribution in [3.63, 3.8) is 0 Å². The van der Waals surface area contributed by atoms with Gasteiger partial charge in [-0.3, -0.25) is 0 Å². The molecule has 0 bridgehead atoms. The standard InChI is InChI=1S/C12H9Br3O/c13-9-3-1-8(2-4-9)7-11(14)10-5-6-16-12(10)15/h1-6,11H,7H2. The lowest BCUT2D eigenvalue weighted by Crippen LogP contribution is -1.94. The minimum Gasteiger partial charge on any atom is -0.457 e. The number of rotatable bonds is 3. The number of hydrogen-bond donors (Lipinski definition) is 0. The zero-order valence-corrected chi connectivity index (χ0v) is 13.0. The molecular weight excluding hydrogens is 400 g/mol. The fourth-order valence-electron chi connectivity index (χ4n) is 1.47. The maximum atomic E-state index is 5.22. The molecule has 1 unspecified atom stereocenters. The topological polar surface area (TPSA) is 13.1 Å². The van der Waals surface area contributed by atoms with E-state index in [0.717, 1.165) is 21.1 Å². The Morgan fingerprint density at radius 3 is 2.31 bits per heavy atom. The Morgan fingerprint density at radius 2 is 1.75 bits per heavy atom. The summed E-state index contributed by atoms with van der Waals surface area (Å²) in [4.78, 5) is 0.266. The molecule has 0 spiro atoms. The first kappa shape index (κ1) is 12.4. The summed E-state index contributed by atoms with van der Waals surface area (Å²) in [6, 6.07) is 10.3. The summed E-state index contributed by atoms with van der Waals surface area (Å²) < 4.78 is 7.12. The fourth-order valence-corrected chi connectivity index (χ4v) is 3.29. The molecule has 0 amide bonds. The van der Waals surface area contributed by atoms with Crippen LogP contribution in [-0.2, 0) is 6.42 Å². The number of hydrogen-bond acceptors (Lipinski definition) is 1. The molecular formula is C12H9Br3O. The summed E-state index contributed by atoms with van der Waals surface area (Å²) >= 11 is 10.5. The van der Waals surface area contributed by atoms with Crippen molar-refractivity contribution >= 4 is 47.8 Å². The van der Waals surface area contributed by atoms with E-state index in [1.54, 1.807) is 6.26 Å². The van der Waals surface area contributed by atoms with Crippen LogP contribution in [0.2, 0.25) is 0 Å². The summed E-state index contributed by atoms with van der Waals surface area (Å²) in [5.74, 6) is 0. The fraction of sp³-hybridized carbons (Fsp3) is 0.167. The first-order chi connectivity index (χ1) is 7.66. The van der Waals surface area contributed by atoms with E-state index in [1.165, 1.54) is 5.56 Å². The van der Waals surface area contributed by atoms with Gasteiger partial charge in [-0.2, -0.15) is 0 Å². The van der Waals surface area contributed by atoms with Gasteiger partial charge in [-0.25, -0.2) is 0 Å². The SMILES string of the molecule is Brc1ccc(CC(Br)c2ccoc2Br)cc1. The third-order valence-corrected chi connectivity index (χ3v) is 4.30. The van der Waals surface area contributed by atoms with E-state index < -0.39 is 0 Å². The van der Waals surface area contributed by atoms with Crippen LogP contribution in [-0.4, -0.2) is 0 Å². The normalized spacial score (nSPS) is 12.7. The van der Waals surface area contributed by atoms with Gasteiger partial charge in [-0.1, -0.05) is 44.0 Å². The second-order valence-electron chi connectivity index (χ2n) is 3.45. The summed E-state index contributed by atoms with van der Waals surface area (Å²) in [5, 5.41) is 0. The second kappa shape index (κ2) is 5.52. The monoisotopic (exact) mass is 406 g/mol. The van der Waals surface area contributed by atoms with Crippen LogP contribution in [0.5, 0.6) is 0 Å². The van der Waals surface area contributed by atoms with Gasteiger partial charge < -0.3 is 4.42 Å². The molecule has 1 nitrogen and oxygen atoms in total. The molecule has 1 atom stereocenters. The molecule has 1 aromatic heterocycles. The molecule has 2 aromatic rings. The van der Waals surface area contributed by atoms with Gasteiger partial charge in [0.25, 0.3) is 0 Å². The minimum atomic E-state index is 0.266. The Bertz CT molecular complexity index is 461. The van der Waals surface area contributed by atoms with Crippen LogP contribution < -0.4 is 0 Å². The molecule has 1 aromatic carbocycles. The maximum absolute atomic E-state index is 5.22. The lowest BCUT2D eigenvalue weighted by atomic mass is 10.1. The van der Waals surface area contributed by atoms with Crippen LogP contribution in [0.4, 0.5) is 0 Å². The Morgan fingerprint density at radius 1 is 1.06 bits per heavy atom. The van der Waals surface area contributed by atoms with Gasteiger partial charge in [0.1, 0.15) is 0 Å². The number of furan rings is 1. The number of alkyl halides is 1. The van der Waals surface area contributed by atoms with E-state index in [2.05, 4.69) is 72.1 Å². The van der Waals surface area contributed by atoms with Gasteiger partial charge in [0, 0.05) is 14.9 Å². The van der Waals surface area contributed by atoms with Crippen molar-refractivity contribution in [3.8, 4) is 0 Å². The molecule has 0 saturated carbocycles. The summed E-state index contributed by atoms with van der Waals surface area (Å²) in [6.45, 7) is 0. The maximum Gasteiger partial charge on any atom is 0.173 e. The molecule has 1 heterocycles. The highest BCUT2D eigenvalue weighted by molar-refractivity contribution is 9.11. The van der Waals surface area contributed by atoms with Crippen molar-refractivity contribution < 1.29 is 4.42 Å². The molecule has 16 heavy (non-hydrogen) atoms. The van der Waals surface area contributed by atoms with Gasteiger partial charge in [-0.05, 0) is 46.1 Å². The zero-order valence-electron chi connectivity index (χ0n) is 8.29. The predicted octanol–water partition coefficient (Wildman–Crippen LogP) is 5.48. The quantitative estimate of drug-likeness (QED) is 0.612. The first-order valence-electron chi connectivity index (χ1n) is 4.78.